The summed E-state index contributed by atoms with van der Waals surface area (Å²) >= 11 is 0. The minimum atomic E-state index is 0.105. The van der Waals surface area contributed by atoms with E-state index in [-0.39, 0.29) is 6.04 Å². The van der Waals surface area contributed by atoms with E-state index in [1.807, 2.05) is 24.6 Å². The first kappa shape index (κ1) is 23.1. The van der Waals surface area contributed by atoms with Crippen molar-refractivity contribution in [2.24, 2.45) is 22.2 Å². The molecule has 2 heteroatoms. The average molecular weight is 459 g/mol. The van der Waals surface area contributed by atoms with Crippen LogP contribution < -0.4 is 5.32 Å². The van der Waals surface area contributed by atoms with Gasteiger partial charge in [-0.3, -0.25) is 0 Å². The molecule has 0 saturated heterocycles. The van der Waals surface area contributed by atoms with Crippen LogP contribution in [0.5, 0.6) is 0 Å². The van der Waals surface area contributed by atoms with Crippen LogP contribution in [0.2, 0.25) is 0 Å². The Kier molecular flexibility index (Phi) is 6.55. The molecule has 35 heavy (non-hydrogen) atoms. The van der Waals surface area contributed by atoms with Gasteiger partial charge in [0.2, 0.25) is 0 Å². The van der Waals surface area contributed by atoms with E-state index < -0.39 is 0 Å². The summed E-state index contributed by atoms with van der Waals surface area (Å²) in [5.41, 5.74) is 7.70. The van der Waals surface area contributed by atoms with Gasteiger partial charge in [-0.25, -0.2) is 4.99 Å². The largest absolute Gasteiger partial charge is 0.366 e. The third-order valence-electron chi connectivity index (χ3n) is 7.54. The fourth-order valence-electron chi connectivity index (χ4n) is 5.52. The predicted octanol–water partition coefficient (Wildman–Crippen LogP) is 8.16. The van der Waals surface area contributed by atoms with Gasteiger partial charge < -0.3 is 5.32 Å². The van der Waals surface area contributed by atoms with Gasteiger partial charge in [-0.05, 0) is 70.1 Å². The summed E-state index contributed by atoms with van der Waals surface area (Å²) in [5.74, 6) is 1.31. The zero-order valence-electron chi connectivity index (χ0n) is 20.7. The molecule has 0 fully saturated rings. The summed E-state index contributed by atoms with van der Waals surface area (Å²) in [6, 6.07) is 17.7. The van der Waals surface area contributed by atoms with Gasteiger partial charge in [0.05, 0.1) is 18.1 Å². The fraction of sp³-hybridized carbons (Fsp3) is 0.242. The van der Waals surface area contributed by atoms with Crippen molar-refractivity contribution in [3.8, 4) is 0 Å². The number of nitrogens with zero attached hydrogens (tertiary/aromatic N) is 1. The average Bonchev–Trinajstić information content (AvgIpc) is 3.21. The zero-order chi connectivity index (χ0) is 24.3. The van der Waals surface area contributed by atoms with Gasteiger partial charge >= 0.3 is 0 Å². The Bertz CT molecular complexity index is 1260. The predicted molar refractivity (Wildman–Crippen MR) is 151 cm³/mol. The van der Waals surface area contributed by atoms with E-state index in [4.69, 9.17) is 0 Å². The van der Waals surface area contributed by atoms with Crippen molar-refractivity contribution in [1.82, 2.24) is 5.32 Å². The van der Waals surface area contributed by atoms with Crippen molar-refractivity contribution in [1.29, 1.82) is 0 Å². The molecular formula is C33H34N2. The second-order valence-electron chi connectivity index (χ2n) is 10.3. The summed E-state index contributed by atoms with van der Waals surface area (Å²) in [6.45, 7) is 8.44. The van der Waals surface area contributed by atoms with Gasteiger partial charge in [-0.15, -0.1) is 0 Å². The zero-order valence-corrected chi connectivity index (χ0v) is 20.7. The maximum absolute atomic E-state index is 4.62. The molecule has 2 aromatic carbocycles. The highest BCUT2D eigenvalue weighted by Gasteiger charge is 2.38. The van der Waals surface area contributed by atoms with E-state index >= 15 is 0 Å². The lowest BCUT2D eigenvalue weighted by atomic mass is 9.71. The van der Waals surface area contributed by atoms with Crippen LogP contribution >= 0.6 is 0 Å². The molecule has 1 aliphatic heterocycles. The molecule has 0 spiro atoms. The van der Waals surface area contributed by atoms with Crippen LogP contribution in [0.25, 0.3) is 17.3 Å². The number of aliphatic imine (C=N–C) groups is 1. The van der Waals surface area contributed by atoms with Crippen molar-refractivity contribution in [3.05, 3.63) is 126 Å². The van der Waals surface area contributed by atoms with Crippen molar-refractivity contribution < 1.29 is 0 Å². The Hall–Kier alpha value is -3.65. The lowest BCUT2D eigenvalue weighted by Gasteiger charge is -2.34. The highest BCUT2D eigenvalue weighted by molar-refractivity contribution is 5.77. The molecule has 2 unspecified atom stereocenters. The highest BCUT2D eigenvalue weighted by Crippen LogP contribution is 2.49. The second-order valence-corrected chi connectivity index (χ2v) is 10.3. The summed E-state index contributed by atoms with van der Waals surface area (Å²) in [4.78, 5) is 4.62. The molecule has 0 aromatic heterocycles. The summed E-state index contributed by atoms with van der Waals surface area (Å²) in [6.07, 6.45) is 23.6. The van der Waals surface area contributed by atoms with Crippen LogP contribution in [0.1, 0.15) is 55.0 Å². The van der Waals surface area contributed by atoms with E-state index in [2.05, 4.69) is 110 Å². The number of hydrogen-bond donors (Lipinski definition) is 1. The van der Waals surface area contributed by atoms with Crippen LogP contribution in [0.4, 0.5) is 0 Å². The molecule has 0 amide bonds. The van der Waals surface area contributed by atoms with E-state index in [1.54, 1.807) is 6.08 Å². The molecule has 2 nitrogen and oxygen atoms in total. The third-order valence-corrected chi connectivity index (χ3v) is 7.54. The van der Waals surface area contributed by atoms with Gasteiger partial charge in [0, 0.05) is 0 Å². The van der Waals surface area contributed by atoms with E-state index in [1.165, 1.54) is 23.1 Å². The third kappa shape index (κ3) is 5.07. The van der Waals surface area contributed by atoms with E-state index in [0.29, 0.717) is 11.3 Å². The number of benzene rings is 2. The van der Waals surface area contributed by atoms with Crippen LogP contribution in [0.15, 0.2) is 109 Å². The summed E-state index contributed by atoms with van der Waals surface area (Å²) < 4.78 is 0. The molecule has 0 bridgehead atoms. The Morgan fingerprint density at radius 2 is 1.86 bits per heavy atom. The van der Waals surface area contributed by atoms with Gasteiger partial charge in [0.25, 0.3) is 0 Å². The molecule has 1 heterocycles. The van der Waals surface area contributed by atoms with Gasteiger partial charge in [0.1, 0.15) is 0 Å². The van der Waals surface area contributed by atoms with Gasteiger partial charge in [-0.1, -0.05) is 111 Å². The number of allylic oxidation sites excluding steroid dienone is 8. The first-order valence-corrected chi connectivity index (χ1v) is 12.6. The van der Waals surface area contributed by atoms with Crippen molar-refractivity contribution in [2.45, 2.75) is 32.7 Å². The Labute approximate surface area is 209 Å². The molecule has 0 radical (unpaired) electrons. The van der Waals surface area contributed by atoms with Crippen LogP contribution in [-0.2, 0) is 0 Å². The van der Waals surface area contributed by atoms with Crippen LogP contribution in [0.3, 0.4) is 0 Å². The van der Waals surface area contributed by atoms with E-state index in [0.717, 1.165) is 29.2 Å². The number of hydrogen-bond acceptors (Lipinski definition) is 2. The first-order chi connectivity index (χ1) is 17.0. The van der Waals surface area contributed by atoms with Crippen LogP contribution in [-0.4, -0.2) is 6.34 Å². The topological polar surface area (TPSA) is 24.4 Å². The number of fused-ring (bicyclic) bond motifs is 1. The SMILES string of the molecule is C=C/C=C\C=C\c1ccc(C2=C[C@H](c3cccc(C4=CC5C=CC(C)(C)C5CC4)c3)NC=N2)cc1. The van der Waals surface area contributed by atoms with Crippen molar-refractivity contribution in [3.63, 3.8) is 0 Å². The van der Waals surface area contributed by atoms with E-state index in [9.17, 15) is 0 Å². The van der Waals surface area contributed by atoms with Crippen LogP contribution in [0, 0.1) is 17.3 Å². The second kappa shape index (κ2) is 9.92. The maximum atomic E-state index is 4.62. The summed E-state index contributed by atoms with van der Waals surface area (Å²) in [5, 5.41) is 3.44. The quantitative estimate of drug-likeness (QED) is 0.343. The molecule has 3 aliphatic rings. The van der Waals surface area contributed by atoms with Crippen molar-refractivity contribution >= 4 is 23.7 Å². The normalized spacial score (nSPS) is 24.8. The fourth-order valence-corrected chi connectivity index (χ4v) is 5.52. The Morgan fingerprint density at radius 1 is 1.00 bits per heavy atom. The Balaban J connectivity index is 1.34. The smallest absolute Gasteiger partial charge is 0.0893 e. The molecule has 0 saturated carbocycles. The van der Waals surface area contributed by atoms with Gasteiger partial charge in [0.15, 0.2) is 0 Å². The number of nitrogens with one attached hydrogen (secondary N) is 1. The highest BCUT2D eigenvalue weighted by atomic mass is 15.0. The molecular weight excluding hydrogens is 424 g/mol. The molecule has 2 aromatic rings. The Morgan fingerprint density at radius 3 is 2.69 bits per heavy atom. The monoisotopic (exact) mass is 458 g/mol. The molecule has 176 valence electrons. The summed E-state index contributed by atoms with van der Waals surface area (Å²) in [7, 11) is 0. The molecule has 5 rings (SSSR count). The molecule has 1 N–H and O–H groups in total. The lowest BCUT2D eigenvalue weighted by molar-refractivity contribution is 0.251. The standard InChI is InChI=1S/C33H34N2/c1-4-5-6-7-9-24-12-14-25(15-13-24)31-22-32(35-23-34-31)29-11-8-10-26(21-29)27-16-17-30-28(20-27)18-19-33(30,2)3/h4-15,18-23,28,30,32H,1,16-17H2,2-3H3,(H,34,35)/b6-5-,9-7+/t28?,30?,32-/m1/s1. The maximum Gasteiger partial charge on any atom is 0.0893 e. The lowest BCUT2D eigenvalue weighted by Crippen LogP contribution is -2.24. The first-order valence-electron chi connectivity index (χ1n) is 12.6. The van der Waals surface area contributed by atoms with Crippen molar-refractivity contribution in [2.75, 3.05) is 0 Å². The number of rotatable bonds is 6. The minimum Gasteiger partial charge on any atom is -0.366 e. The minimum absolute atomic E-state index is 0.105. The van der Waals surface area contributed by atoms with Gasteiger partial charge in [-0.2, -0.15) is 0 Å². The molecule has 3 atom stereocenters. The molecule has 2 aliphatic carbocycles.